The summed E-state index contributed by atoms with van der Waals surface area (Å²) in [7, 11) is 0. The smallest absolute Gasteiger partial charge is 0.127 e. The number of hydrogen-bond donors (Lipinski definition) is 1. The molecule has 0 aromatic heterocycles. The van der Waals surface area contributed by atoms with E-state index in [9.17, 15) is 0 Å². The molecule has 0 radical (unpaired) electrons. The van der Waals surface area contributed by atoms with E-state index in [4.69, 9.17) is 21.4 Å². The van der Waals surface area contributed by atoms with Crippen LogP contribution >= 0.6 is 11.6 Å². The third kappa shape index (κ3) is 2.06. The molecule has 0 amide bonds. The van der Waals surface area contributed by atoms with E-state index in [-0.39, 0.29) is 6.61 Å². The van der Waals surface area contributed by atoms with Gasteiger partial charge < -0.3 is 9.84 Å². The van der Waals surface area contributed by atoms with Gasteiger partial charge in [0.25, 0.3) is 0 Å². The second-order valence-corrected chi connectivity index (χ2v) is 3.57. The molecule has 0 bridgehead atoms. The number of benzene rings is 2. The molecule has 3 heteroatoms. The topological polar surface area (TPSA) is 29.5 Å². The Balaban J connectivity index is 2.51. The van der Waals surface area contributed by atoms with Crippen LogP contribution in [0.2, 0.25) is 5.02 Å². The number of rotatable bonds is 3. The molecule has 2 nitrogen and oxygen atoms in total. The molecule has 15 heavy (non-hydrogen) atoms. The van der Waals surface area contributed by atoms with Crippen molar-refractivity contribution in [3.63, 3.8) is 0 Å². The number of aliphatic hydroxyl groups is 1. The third-order valence-electron chi connectivity index (χ3n) is 2.18. The Morgan fingerprint density at radius 2 is 1.80 bits per heavy atom. The number of fused-ring (bicyclic) bond motifs is 1. The summed E-state index contributed by atoms with van der Waals surface area (Å²) in [4.78, 5) is 0. The van der Waals surface area contributed by atoms with Crippen LogP contribution in [0, 0.1) is 0 Å². The van der Waals surface area contributed by atoms with Gasteiger partial charge in [-0.3, -0.25) is 0 Å². The lowest BCUT2D eigenvalue weighted by atomic mass is 10.1. The predicted octanol–water partition coefficient (Wildman–Crippen LogP) is 2.86. The highest BCUT2D eigenvalue weighted by Gasteiger charge is 2.04. The van der Waals surface area contributed by atoms with Crippen molar-refractivity contribution in [3.8, 4) is 5.75 Å². The first kappa shape index (κ1) is 10.3. The molecule has 0 spiro atoms. The monoisotopic (exact) mass is 222 g/mol. The van der Waals surface area contributed by atoms with E-state index in [0.717, 1.165) is 16.5 Å². The highest BCUT2D eigenvalue weighted by atomic mass is 35.5. The molecule has 78 valence electrons. The first-order chi connectivity index (χ1) is 7.33. The molecule has 0 aliphatic carbocycles. The van der Waals surface area contributed by atoms with E-state index in [0.29, 0.717) is 11.6 Å². The fraction of sp³-hybridized carbons (Fsp3) is 0.167. The molecule has 0 heterocycles. The van der Waals surface area contributed by atoms with Crippen LogP contribution in [0.1, 0.15) is 0 Å². The molecular formula is C12H11ClO2. The van der Waals surface area contributed by atoms with Gasteiger partial charge in [0.15, 0.2) is 0 Å². The zero-order valence-corrected chi connectivity index (χ0v) is 8.87. The summed E-state index contributed by atoms with van der Waals surface area (Å²) in [5, 5.41) is 11.4. The summed E-state index contributed by atoms with van der Waals surface area (Å²) in [6.07, 6.45) is 0. The first-order valence-corrected chi connectivity index (χ1v) is 5.11. The van der Waals surface area contributed by atoms with E-state index >= 15 is 0 Å². The zero-order chi connectivity index (χ0) is 10.7. The van der Waals surface area contributed by atoms with Crippen molar-refractivity contribution in [1.82, 2.24) is 0 Å². The van der Waals surface area contributed by atoms with Gasteiger partial charge in [-0.15, -0.1) is 0 Å². The number of halogens is 1. The van der Waals surface area contributed by atoms with Crippen molar-refractivity contribution >= 4 is 22.4 Å². The van der Waals surface area contributed by atoms with Gasteiger partial charge in [-0.1, -0.05) is 35.9 Å². The van der Waals surface area contributed by atoms with Crippen molar-refractivity contribution in [2.75, 3.05) is 13.2 Å². The van der Waals surface area contributed by atoms with Crippen LogP contribution in [0.3, 0.4) is 0 Å². The summed E-state index contributed by atoms with van der Waals surface area (Å²) >= 11 is 6.06. The van der Waals surface area contributed by atoms with Gasteiger partial charge >= 0.3 is 0 Å². The highest BCUT2D eigenvalue weighted by molar-refractivity contribution is 6.35. The Morgan fingerprint density at radius 1 is 1.07 bits per heavy atom. The van der Waals surface area contributed by atoms with E-state index in [2.05, 4.69) is 0 Å². The minimum absolute atomic E-state index is 0.0109. The highest BCUT2D eigenvalue weighted by Crippen LogP contribution is 2.30. The number of hydrogen-bond acceptors (Lipinski definition) is 2. The summed E-state index contributed by atoms with van der Waals surface area (Å²) < 4.78 is 5.41. The summed E-state index contributed by atoms with van der Waals surface area (Å²) in [6, 6.07) is 11.4. The lowest BCUT2D eigenvalue weighted by molar-refractivity contribution is 0.203. The largest absolute Gasteiger partial charge is 0.491 e. The predicted molar refractivity (Wildman–Crippen MR) is 61.5 cm³/mol. The van der Waals surface area contributed by atoms with E-state index < -0.39 is 0 Å². The first-order valence-electron chi connectivity index (χ1n) is 4.74. The van der Waals surface area contributed by atoms with Crippen molar-refractivity contribution in [3.05, 3.63) is 41.4 Å². The normalized spacial score (nSPS) is 10.5. The van der Waals surface area contributed by atoms with Crippen LogP contribution in [-0.2, 0) is 0 Å². The lowest BCUT2D eigenvalue weighted by Crippen LogP contribution is -2.01. The summed E-state index contributed by atoms with van der Waals surface area (Å²) in [5.41, 5.74) is 0. The van der Waals surface area contributed by atoms with Gasteiger partial charge in [-0.05, 0) is 12.1 Å². The Morgan fingerprint density at radius 3 is 2.53 bits per heavy atom. The van der Waals surface area contributed by atoms with E-state index in [1.54, 1.807) is 6.07 Å². The van der Waals surface area contributed by atoms with Gasteiger partial charge in [0.2, 0.25) is 0 Å². The molecule has 2 aromatic carbocycles. The number of aliphatic hydroxyl groups excluding tert-OH is 1. The Hall–Kier alpha value is -1.25. The fourth-order valence-electron chi connectivity index (χ4n) is 1.52. The molecular weight excluding hydrogens is 212 g/mol. The van der Waals surface area contributed by atoms with Gasteiger partial charge in [-0.2, -0.15) is 0 Å². The third-order valence-corrected chi connectivity index (χ3v) is 2.51. The maximum atomic E-state index is 8.70. The molecule has 0 saturated carbocycles. The van der Waals surface area contributed by atoms with E-state index in [1.165, 1.54) is 0 Å². The maximum absolute atomic E-state index is 8.70. The SMILES string of the molecule is OCCOc1ccc(Cl)c2ccccc12. The van der Waals surface area contributed by atoms with E-state index in [1.807, 2.05) is 30.3 Å². The van der Waals surface area contributed by atoms with Crippen LogP contribution in [0.5, 0.6) is 5.75 Å². The molecule has 2 rings (SSSR count). The number of ether oxygens (including phenoxy) is 1. The lowest BCUT2D eigenvalue weighted by Gasteiger charge is -2.08. The van der Waals surface area contributed by atoms with Crippen LogP contribution in [0.25, 0.3) is 10.8 Å². The molecule has 0 unspecified atom stereocenters. The van der Waals surface area contributed by atoms with Crippen molar-refractivity contribution in [1.29, 1.82) is 0 Å². The standard InChI is InChI=1S/C12H11ClO2/c13-11-5-6-12(15-8-7-14)10-4-2-1-3-9(10)11/h1-6,14H,7-8H2. The Labute approximate surface area is 93.1 Å². The minimum Gasteiger partial charge on any atom is -0.491 e. The van der Waals surface area contributed by atoms with Crippen molar-refractivity contribution < 1.29 is 9.84 Å². The Kier molecular flexibility index (Phi) is 3.09. The minimum atomic E-state index is 0.0109. The van der Waals surface area contributed by atoms with Crippen LogP contribution in [0.15, 0.2) is 36.4 Å². The molecule has 1 N–H and O–H groups in total. The molecule has 2 aromatic rings. The molecule has 0 saturated heterocycles. The van der Waals surface area contributed by atoms with Gasteiger partial charge in [-0.25, -0.2) is 0 Å². The summed E-state index contributed by atoms with van der Waals surface area (Å²) in [5.74, 6) is 0.754. The van der Waals surface area contributed by atoms with Crippen molar-refractivity contribution in [2.24, 2.45) is 0 Å². The van der Waals surface area contributed by atoms with Gasteiger partial charge in [0.05, 0.1) is 6.61 Å². The molecule has 0 fully saturated rings. The zero-order valence-electron chi connectivity index (χ0n) is 8.11. The molecule has 0 atom stereocenters. The quantitative estimate of drug-likeness (QED) is 0.866. The van der Waals surface area contributed by atoms with Crippen LogP contribution in [-0.4, -0.2) is 18.3 Å². The average molecular weight is 223 g/mol. The fourth-order valence-corrected chi connectivity index (χ4v) is 1.74. The maximum Gasteiger partial charge on any atom is 0.127 e. The molecule has 0 aliphatic rings. The van der Waals surface area contributed by atoms with Crippen molar-refractivity contribution in [2.45, 2.75) is 0 Å². The summed E-state index contributed by atoms with van der Waals surface area (Å²) in [6.45, 7) is 0.308. The second-order valence-electron chi connectivity index (χ2n) is 3.16. The van der Waals surface area contributed by atoms with Gasteiger partial charge in [0, 0.05) is 15.8 Å². The van der Waals surface area contributed by atoms with Crippen LogP contribution in [0.4, 0.5) is 0 Å². The molecule has 0 aliphatic heterocycles. The Bertz CT molecular complexity index is 468. The van der Waals surface area contributed by atoms with Crippen LogP contribution < -0.4 is 4.74 Å². The van der Waals surface area contributed by atoms with Gasteiger partial charge in [0.1, 0.15) is 12.4 Å². The average Bonchev–Trinajstić information content (AvgIpc) is 2.29. The second kappa shape index (κ2) is 4.51.